The second-order valence-electron chi connectivity index (χ2n) is 5.80. The maximum atomic E-state index is 11.7. The zero-order valence-electron chi connectivity index (χ0n) is 14.8. The van der Waals surface area contributed by atoms with Crippen molar-refractivity contribution in [2.45, 2.75) is 25.8 Å². The number of amides is 1. The average Bonchev–Trinajstić information content (AvgIpc) is 3.18. The van der Waals surface area contributed by atoms with Crippen LogP contribution in [0.3, 0.4) is 0 Å². The van der Waals surface area contributed by atoms with E-state index in [0.29, 0.717) is 24.9 Å². The van der Waals surface area contributed by atoms with Gasteiger partial charge in [-0.15, -0.1) is 0 Å². The van der Waals surface area contributed by atoms with E-state index in [-0.39, 0.29) is 5.91 Å². The minimum absolute atomic E-state index is 0.217. The molecule has 3 N–H and O–H groups in total. The molecule has 0 aliphatic rings. The number of hydrogen-bond donors (Lipinski definition) is 3. The maximum absolute atomic E-state index is 11.7. The summed E-state index contributed by atoms with van der Waals surface area (Å²) in [5, 5.41) is 9.34. The number of hydrogen-bond acceptors (Lipinski definition) is 3. The molecule has 1 aromatic carbocycles. The Morgan fingerprint density at radius 2 is 1.88 bits per heavy atom. The smallest absolute Gasteiger partial charge is 0.287 e. The minimum Gasteiger partial charge on any atom is -0.459 e. The van der Waals surface area contributed by atoms with E-state index in [2.05, 4.69) is 52.1 Å². The lowest BCUT2D eigenvalue weighted by molar-refractivity contribution is 0.0926. The average molecular weight is 342 g/mol. The van der Waals surface area contributed by atoms with Gasteiger partial charge in [0.15, 0.2) is 11.7 Å². The summed E-state index contributed by atoms with van der Waals surface area (Å²) in [5.74, 6) is 0.829. The van der Waals surface area contributed by atoms with Gasteiger partial charge in [-0.1, -0.05) is 30.3 Å². The van der Waals surface area contributed by atoms with Crippen LogP contribution in [0.2, 0.25) is 0 Å². The molecule has 0 saturated carbocycles. The number of nitrogens with one attached hydrogen (secondary N) is 3. The molecule has 1 aromatic heterocycles. The van der Waals surface area contributed by atoms with Crippen LogP contribution in [-0.2, 0) is 6.42 Å². The van der Waals surface area contributed by atoms with Gasteiger partial charge in [-0.05, 0) is 37.5 Å². The van der Waals surface area contributed by atoms with Gasteiger partial charge < -0.3 is 20.4 Å². The summed E-state index contributed by atoms with van der Waals surface area (Å²) < 4.78 is 5.04. The van der Waals surface area contributed by atoms with Crippen LogP contribution in [0.5, 0.6) is 0 Å². The van der Waals surface area contributed by atoms with Crippen molar-refractivity contribution < 1.29 is 9.21 Å². The van der Waals surface area contributed by atoms with Crippen molar-refractivity contribution in [1.82, 2.24) is 16.0 Å². The van der Waals surface area contributed by atoms with Crippen molar-refractivity contribution >= 4 is 11.9 Å². The van der Waals surface area contributed by atoms with E-state index in [1.165, 1.54) is 11.8 Å². The van der Waals surface area contributed by atoms with Gasteiger partial charge in [-0.25, -0.2) is 0 Å². The molecule has 0 aliphatic heterocycles. The Hall–Kier alpha value is -2.76. The molecule has 0 bridgehead atoms. The van der Waals surface area contributed by atoms with Gasteiger partial charge in [0.2, 0.25) is 0 Å². The third-order valence-electron chi connectivity index (χ3n) is 3.76. The highest BCUT2D eigenvalue weighted by atomic mass is 16.3. The predicted octanol–water partition coefficient (Wildman–Crippen LogP) is 2.20. The first kappa shape index (κ1) is 18.6. The van der Waals surface area contributed by atoms with Crippen LogP contribution < -0.4 is 16.0 Å². The molecule has 1 atom stereocenters. The molecule has 2 aromatic rings. The minimum atomic E-state index is -0.217. The van der Waals surface area contributed by atoms with Crippen molar-refractivity contribution in [1.29, 1.82) is 0 Å². The maximum Gasteiger partial charge on any atom is 0.287 e. The van der Waals surface area contributed by atoms with Crippen molar-refractivity contribution in [2.75, 3.05) is 20.1 Å². The molecule has 134 valence electrons. The standard InChI is InChI=1S/C19H26N4O2/c1-15(10-11-16-7-4-3-5-8-16)23-19(20-2)22-13-12-21-18(24)17-9-6-14-25-17/h3-9,14-15H,10-13H2,1-2H3,(H,21,24)(H2,20,22,23). The topological polar surface area (TPSA) is 78.7 Å². The van der Waals surface area contributed by atoms with Crippen LogP contribution in [0.25, 0.3) is 0 Å². The van der Waals surface area contributed by atoms with Crippen LogP contribution >= 0.6 is 0 Å². The normalized spacial score (nSPS) is 12.5. The van der Waals surface area contributed by atoms with E-state index < -0.39 is 0 Å². The molecule has 25 heavy (non-hydrogen) atoms. The highest BCUT2D eigenvalue weighted by molar-refractivity contribution is 5.91. The largest absolute Gasteiger partial charge is 0.459 e. The number of carbonyl (C=O) groups is 1. The van der Waals surface area contributed by atoms with E-state index >= 15 is 0 Å². The van der Waals surface area contributed by atoms with Gasteiger partial charge >= 0.3 is 0 Å². The number of carbonyl (C=O) groups excluding carboxylic acids is 1. The number of furan rings is 1. The van der Waals surface area contributed by atoms with Crippen LogP contribution in [-0.4, -0.2) is 38.0 Å². The molecule has 1 unspecified atom stereocenters. The molecule has 1 amide bonds. The fourth-order valence-electron chi connectivity index (χ4n) is 2.38. The Kier molecular flexibility index (Phi) is 7.56. The zero-order valence-corrected chi connectivity index (χ0v) is 14.8. The zero-order chi connectivity index (χ0) is 17.9. The third-order valence-corrected chi connectivity index (χ3v) is 3.76. The van der Waals surface area contributed by atoms with E-state index in [1.54, 1.807) is 19.2 Å². The summed E-state index contributed by atoms with van der Waals surface area (Å²) in [7, 11) is 1.74. The fraction of sp³-hybridized carbons (Fsp3) is 0.368. The van der Waals surface area contributed by atoms with Gasteiger partial charge in [0, 0.05) is 26.2 Å². The highest BCUT2D eigenvalue weighted by Crippen LogP contribution is 2.04. The molecule has 0 radical (unpaired) electrons. The third kappa shape index (κ3) is 6.71. The monoisotopic (exact) mass is 342 g/mol. The second kappa shape index (κ2) is 10.2. The van der Waals surface area contributed by atoms with E-state index in [1.807, 2.05) is 6.07 Å². The highest BCUT2D eigenvalue weighted by Gasteiger charge is 2.08. The first-order chi connectivity index (χ1) is 12.2. The number of nitrogens with zero attached hydrogens (tertiary/aromatic N) is 1. The van der Waals surface area contributed by atoms with Gasteiger partial charge in [0.25, 0.3) is 5.91 Å². The molecular formula is C19H26N4O2. The Labute approximate surface area is 148 Å². The number of rotatable bonds is 8. The Morgan fingerprint density at radius 1 is 1.12 bits per heavy atom. The number of aryl methyl sites for hydroxylation is 1. The number of benzene rings is 1. The van der Waals surface area contributed by atoms with E-state index in [9.17, 15) is 4.79 Å². The lowest BCUT2D eigenvalue weighted by atomic mass is 10.1. The van der Waals surface area contributed by atoms with Gasteiger partial charge in [-0.3, -0.25) is 9.79 Å². The summed E-state index contributed by atoms with van der Waals surface area (Å²) in [5.41, 5.74) is 1.33. The van der Waals surface area contributed by atoms with Gasteiger partial charge in [0.1, 0.15) is 0 Å². The van der Waals surface area contributed by atoms with Gasteiger partial charge in [0.05, 0.1) is 6.26 Å². The summed E-state index contributed by atoms with van der Waals surface area (Å²) in [6.07, 6.45) is 3.51. The summed E-state index contributed by atoms with van der Waals surface area (Å²) >= 11 is 0. The van der Waals surface area contributed by atoms with Crippen LogP contribution in [0, 0.1) is 0 Å². The number of aliphatic imine (C=N–C) groups is 1. The lowest BCUT2D eigenvalue weighted by Gasteiger charge is -2.18. The first-order valence-electron chi connectivity index (χ1n) is 8.52. The summed E-state index contributed by atoms with van der Waals surface area (Å²) in [6.45, 7) is 3.20. The molecule has 6 heteroatoms. The Bertz CT molecular complexity index is 653. The van der Waals surface area contributed by atoms with Crippen molar-refractivity contribution in [3.63, 3.8) is 0 Å². The van der Waals surface area contributed by atoms with Gasteiger partial charge in [-0.2, -0.15) is 0 Å². The van der Waals surface area contributed by atoms with Crippen molar-refractivity contribution in [2.24, 2.45) is 4.99 Å². The van der Waals surface area contributed by atoms with E-state index in [4.69, 9.17) is 4.42 Å². The van der Waals surface area contributed by atoms with Crippen molar-refractivity contribution in [3.05, 3.63) is 60.1 Å². The summed E-state index contributed by atoms with van der Waals surface area (Å²) in [6, 6.07) is 14.1. The second-order valence-corrected chi connectivity index (χ2v) is 5.80. The molecule has 0 aliphatic carbocycles. The SMILES string of the molecule is CN=C(NCCNC(=O)c1ccco1)NC(C)CCc1ccccc1. The van der Waals surface area contributed by atoms with Crippen LogP contribution in [0.15, 0.2) is 58.1 Å². The Morgan fingerprint density at radius 3 is 2.56 bits per heavy atom. The molecule has 1 heterocycles. The molecular weight excluding hydrogens is 316 g/mol. The first-order valence-corrected chi connectivity index (χ1v) is 8.52. The van der Waals surface area contributed by atoms with Crippen LogP contribution in [0.4, 0.5) is 0 Å². The quantitative estimate of drug-likeness (QED) is 0.390. The van der Waals surface area contributed by atoms with E-state index in [0.717, 1.165) is 18.8 Å². The molecule has 0 fully saturated rings. The molecule has 0 spiro atoms. The molecule has 2 rings (SSSR count). The molecule has 6 nitrogen and oxygen atoms in total. The number of guanidine groups is 1. The van der Waals surface area contributed by atoms with Crippen molar-refractivity contribution in [3.8, 4) is 0 Å². The fourth-order valence-corrected chi connectivity index (χ4v) is 2.38. The predicted molar refractivity (Wildman–Crippen MR) is 99.8 cm³/mol. The lowest BCUT2D eigenvalue weighted by Crippen LogP contribution is -2.45. The molecule has 0 saturated heterocycles. The summed E-state index contributed by atoms with van der Waals surface area (Å²) in [4.78, 5) is 16.0. The Balaban J connectivity index is 1.63. The van der Waals surface area contributed by atoms with Crippen LogP contribution in [0.1, 0.15) is 29.5 Å².